The second-order valence-corrected chi connectivity index (χ2v) is 7.02. The molecule has 3 N–H and O–H groups in total. The minimum Gasteiger partial charge on any atom is -0.383 e. The highest BCUT2D eigenvalue weighted by molar-refractivity contribution is 5.80. The molecule has 1 atom stereocenters. The normalized spacial score (nSPS) is 22.4. The highest BCUT2D eigenvalue weighted by Gasteiger charge is 2.35. The van der Waals surface area contributed by atoms with Crippen LogP contribution in [0.3, 0.4) is 0 Å². The van der Waals surface area contributed by atoms with Crippen molar-refractivity contribution in [2.75, 3.05) is 19.6 Å². The van der Waals surface area contributed by atoms with Crippen LogP contribution in [0.2, 0.25) is 0 Å². The van der Waals surface area contributed by atoms with Gasteiger partial charge in [0.2, 0.25) is 0 Å². The van der Waals surface area contributed by atoms with Crippen LogP contribution in [-0.2, 0) is 4.79 Å². The van der Waals surface area contributed by atoms with E-state index in [2.05, 4.69) is 19.2 Å². The van der Waals surface area contributed by atoms with Crippen LogP contribution in [-0.4, -0.2) is 47.2 Å². The molecule has 1 saturated heterocycles. The quantitative estimate of drug-likeness (QED) is 0.715. The van der Waals surface area contributed by atoms with Gasteiger partial charge in [-0.05, 0) is 25.7 Å². The molecule has 0 saturated carbocycles. The summed E-state index contributed by atoms with van der Waals surface area (Å²) in [7, 11) is 0. The van der Waals surface area contributed by atoms with Crippen LogP contribution in [0.4, 0.5) is 0 Å². The van der Waals surface area contributed by atoms with E-state index in [9.17, 15) is 9.90 Å². The number of aliphatic hydroxyl groups excluding tert-OH is 1. The van der Waals surface area contributed by atoms with Gasteiger partial charge in [0.1, 0.15) is 11.6 Å². The molecule has 0 bridgehead atoms. The Bertz CT molecular complexity index is 282. The van der Waals surface area contributed by atoms with E-state index in [1.54, 1.807) is 4.90 Å². The third-order valence-corrected chi connectivity index (χ3v) is 3.10. The molecule has 0 aromatic rings. The molecule has 4 nitrogen and oxygen atoms in total. The highest BCUT2D eigenvalue weighted by atomic mass is 16.3. The number of piperazine rings is 1. The summed E-state index contributed by atoms with van der Waals surface area (Å²) in [5.74, 6) is -0.110. The van der Waals surface area contributed by atoms with E-state index >= 15 is 0 Å². The van der Waals surface area contributed by atoms with Gasteiger partial charge in [0.15, 0.2) is 0 Å². The van der Waals surface area contributed by atoms with Crippen LogP contribution in [0, 0.1) is 5.41 Å². The van der Waals surface area contributed by atoms with Crippen molar-refractivity contribution in [1.29, 1.82) is 0 Å². The monoisotopic (exact) mass is 243 g/mol. The summed E-state index contributed by atoms with van der Waals surface area (Å²) in [4.78, 5) is 13.9. The van der Waals surface area contributed by atoms with Crippen molar-refractivity contribution in [3.05, 3.63) is 0 Å². The topological polar surface area (TPSA) is 57.1 Å². The molecular weight excluding hydrogens is 216 g/mol. The summed E-state index contributed by atoms with van der Waals surface area (Å²) in [6.07, 6.45) is -0.337. The molecule has 0 aromatic carbocycles. The van der Waals surface area contributed by atoms with E-state index in [-0.39, 0.29) is 16.9 Å². The van der Waals surface area contributed by atoms with Gasteiger partial charge in [-0.3, -0.25) is 4.79 Å². The molecule has 1 heterocycles. The first-order valence-corrected chi connectivity index (χ1v) is 6.42. The summed E-state index contributed by atoms with van der Waals surface area (Å²) in [6, 6.07) is 0. The van der Waals surface area contributed by atoms with Crippen molar-refractivity contribution in [3.8, 4) is 0 Å². The fourth-order valence-corrected chi connectivity index (χ4v) is 2.31. The molecule has 4 heteroatoms. The maximum Gasteiger partial charge on any atom is 0.251 e. The number of carbonyl (C=O) groups excluding carboxylic acids is 1. The molecule has 0 aliphatic carbocycles. The van der Waals surface area contributed by atoms with Gasteiger partial charge in [-0.15, -0.1) is 0 Å². The molecule has 1 amide bonds. The lowest BCUT2D eigenvalue weighted by Gasteiger charge is -2.37. The third-order valence-electron chi connectivity index (χ3n) is 3.10. The molecule has 17 heavy (non-hydrogen) atoms. The number of nitrogens with two attached hydrogens (primary N) is 1. The SMILES string of the molecule is CC(C)(C)C[C@@H](O)C(=O)N1CC[NH2+]C(C)(C)C1. The maximum absolute atomic E-state index is 12.1. The Kier molecular flexibility index (Phi) is 4.20. The lowest BCUT2D eigenvalue weighted by Crippen LogP contribution is -3.00. The summed E-state index contributed by atoms with van der Waals surface area (Å²) < 4.78 is 0. The first kappa shape index (κ1) is 14.5. The Balaban J connectivity index is 2.57. The third kappa shape index (κ3) is 4.64. The number of hydrogen-bond donors (Lipinski definition) is 2. The highest BCUT2D eigenvalue weighted by Crippen LogP contribution is 2.22. The molecule has 1 rings (SSSR count). The molecule has 1 aliphatic heterocycles. The van der Waals surface area contributed by atoms with E-state index in [4.69, 9.17) is 0 Å². The average molecular weight is 243 g/mol. The van der Waals surface area contributed by atoms with E-state index in [0.29, 0.717) is 13.0 Å². The summed E-state index contributed by atoms with van der Waals surface area (Å²) in [5, 5.41) is 12.2. The van der Waals surface area contributed by atoms with Crippen LogP contribution in [0.15, 0.2) is 0 Å². The Morgan fingerprint density at radius 3 is 2.53 bits per heavy atom. The Hall–Kier alpha value is -0.610. The zero-order chi connectivity index (χ0) is 13.3. The van der Waals surface area contributed by atoms with Gasteiger partial charge in [-0.2, -0.15) is 0 Å². The Morgan fingerprint density at radius 2 is 2.06 bits per heavy atom. The van der Waals surface area contributed by atoms with Crippen LogP contribution < -0.4 is 5.32 Å². The number of carbonyl (C=O) groups is 1. The largest absolute Gasteiger partial charge is 0.383 e. The zero-order valence-corrected chi connectivity index (χ0v) is 11.8. The predicted molar refractivity (Wildman–Crippen MR) is 67.5 cm³/mol. The zero-order valence-electron chi connectivity index (χ0n) is 11.8. The number of hydrogen-bond acceptors (Lipinski definition) is 2. The van der Waals surface area contributed by atoms with Gasteiger partial charge >= 0.3 is 0 Å². The molecule has 100 valence electrons. The molecule has 1 aliphatic rings. The maximum atomic E-state index is 12.1. The lowest BCUT2D eigenvalue weighted by atomic mass is 9.88. The van der Waals surface area contributed by atoms with Crippen LogP contribution in [0.1, 0.15) is 41.0 Å². The van der Waals surface area contributed by atoms with Gasteiger partial charge in [-0.25, -0.2) is 0 Å². The molecular formula is C13H27N2O2+. The van der Waals surface area contributed by atoms with Crippen LogP contribution in [0.5, 0.6) is 0 Å². The number of rotatable bonds is 2. The number of nitrogens with zero attached hydrogens (tertiary/aromatic N) is 1. The standard InChI is InChI=1S/C13H26N2O2/c1-12(2,3)8-10(16)11(17)15-7-6-14-13(4,5)9-15/h10,14,16H,6-9H2,1-5H3/p+1/t10-/m1/s1. The minimum absolute atomic E-state index is 0.0213. The van der Waals surface area contributed by atoms with Gasteiger partial charge < -0.3 is 15.3 Å². The van der Waals surface area contributed by atoms with Crippen molar-refractivity contribution in [2.24, 2.45) is 5.41 Å². The Morgan fingerprint density at radius 1 is 1.47 bits per heavy atom. The summed E-state index contributed by atoms with van der Waals surface area (Å²) >= 11 is 0. The van der Waals surface area contributed by atoms with Gasteiger partial charge in [0.05, 0.1) is 19.6 Å². The number of aliphatic hydroxyl groups is 1. The number of amides is 1. The fourth-order valence-electron chi connectivity index (χ4n) is 2.31. The molecule has 0 unspecified atom stereocenters. The van der Waals surface area contributed by atoms with Crippen molar-refractivity contribution >= 4 is 5.91 Å². The first-order chi connectivity index (χ1) is 7.61. The van der Waals surface area contributed by atoms with Crippen molar-refractivity contribution in [3.63, 3.8) is 0 Å². The van der Waals surface area contributed by atoms with Crippen molar-refractivity contribution < 1.29 is 15.2 Å². The predicted octanol–water partition coefficient (Wildman–Crippen LogP) is -0.0323. The second kappa shape index (κ2) is 4.94. The van der Waals surface area contributed by atoms with Crippen molar-refractivity contribution in [1.82, 2.24) is 4.90 Å². The summed E-state index contributed by atoms with van der Waals surface area (Å²) in [6.45, 7) is 12.7. The molecule has 0 radical (unpaired) electrons. The molecule has 0 spiro atoms. The average Bonchev–Trinajstić information content (AvgIpc) is 2.12. The van der Waals surface area contributed by atoms with Gasteiger partial charge in [-0.1, -0.05) is 20.8 Å². The molecule has 1 fully saturated rings. The van der Waals surface area contributed by atoms with E-state index in [1.165, 1.54) is 0 Å². The number of quaternary nitrogens is 1. The van der Waals surface area contributed by atoms with Gasteiger partial charge in [0.25, 0.3) is 5.91 Å². The first-order valence-electron chi connectivity index (χ1n) is 6.42. The van der Waals surface area contributed by atoms with Crippen LogP contribution in [0.25, 0.3) is 0 Å². The van der Waals surface area contributed by atoms with Crippen LogP contribution >= 0.6 is 0 Å². The van der Waals surface area contributed by atoms with E-state index in [0.717, 1.165) is 13.1 Å². The van der Waals surface area contributed by atoms with Gasteiger partial charge in [0, 0.05) is 0 Å². The van der Waals surface area contributed by atoms with E-state index < -0.39 is 6.10 Å². The second-order valence-electron chi connectivity index (χ2n) is 7.02. The smallest absolute Gasteiger partial charge is 0.251 e. The Labute approximate surface area is 104 Å². The fraction of sp³-hybridized carbons (Fsp3) is 0.923. The van der Waals surface area contributed by atoms with E-state index in [1.807, 2.05) is 20.8 Å². The molecule has 0 aromatic heterocycles. The minimum atomic E-state index is -0.858. The van der Waals surface area contributed by atoms with Crippen molar-refractivity contribution in [2.45, 2.75) is 52.7 Å². The lowest BCUT2D eigenvalue weighted by molar-refractivity contribution is -0.728. The summed E-state index contributed by atoms with van der Waals surface area (Å²) in [5.41, 5.74) is 0.0435.